The molecule has 0 spiro atoms. The van der Waals surface area contributed by atoms with Gasteiger partial charge in [-0.25, -0.2) is 4.98 Å². The van der Waals surface area contributed by atoms with Crippen LogP contribution < -0.4 is 10.6 Å². The number of hydrogen-bond acceptors (Lipinski definition) is 4. The lowest BCUT2D eigenvalue weighted by Gasteiger charge is -2.16. The summed E-state index contributed by atoms with van der Waals surface area (Å²) in [6, 6.07) is 0.223. The largest absolute Gasteiger partial charge is 0.383 e. The monoisotopic (exact) mass is 398 g/mol. The molecule has 1 aromatic heterocycles. The highest BCUT2D eigenvalue weighted by Gasteiger charge is 2.07. The van der Waals surface area contributed by atoms with Gasteiger partial charge in [-0.05, 0) is 20.8 Å². The zero-order valence-electron chi connectivity index (χ0n) is 12.1. The number of methoxy groups -OCH3 is 1. The van der Waals surface area contributed by atoms with Gasteiger partial charge in [0.15, 0.2) is 5.96 Å². The third kappa shape index (κ3) is 6.53. The van der Waals surface area contributed by atoms with Crippen LogP contribution >= 0.6 is 35.3 Å². The van der Waals surface area contributed by atoms with Crippen molar-refractivity contribution in [3.63, 3.8) is 0 Å². The van der Waals surface area contributed by atoms with Gasteiger partial charge >= 0.3 is 0 Å². The number of aryl methyl sites for hydroxylation is 2. The highest BCUT2D eigenvalue weighted by Crippen LogP contribution is 2.15. The average Bonchev–Trinajstić information content (AvgIpc) is 2.64. The second kappa shape index (κ2) is 9.49. The van der Waals surface area contributed by atoms with Crippen molar-refractivity contribution in [3.8, 4) is 0 Å². The van der Waals surface area contributed by atoms with Crippen molar-refractivity contribution >= 4 is 41.3 Å². The maximum atomic E-state index is 5.08. The topological polar surface area (TPSA) is 58.5 Å². The highest BCUT2D eigenvalue weighted by atomic mass is 127. The number of hydrogen-bond donors (Lipinski definition) is 2. The Balaban J connectivity index is 0.00000324. The Morgan fingerprint density at radius 2 is 2.16 bits per heavy atom. The third-order valence-corrected chi connectivity index (χ3v) is 3.58. The summed E-state index contributed by atoms with van der Waals surface area (Å²) in [5.74, 6) is 0.769. The number of aromatic nitrogens is 1. The summed E-state index contributed by atoms with van der Waals surface area (Å²) in [6.07, 6.45) is 0. The third-order valence-electron chi connectivity index (χ3n) is 2.50. The van der Waals surface area contributed by atoms with Gasteiger partial charge in [0.2, 0.25) is 0 Å². The maximum Gasteiger partial charge on any atom is 0.191 e. The summed E-state index contributed by atoms with van der Waals surface area (Å²) in [7, 11) is 3.45. The van der Waals surface area contributed by atoms with E-state index in [0.29, 0.717) is 13.2 Å². The van der Waals surface area contributed by atoms with Gasteiger partial charge in [-0.15, -0.1) is 35.3 Å². The van der Waals surface area contributed by atoms with Gasteiger partial charge in [0, 0.05) is 25.1 Å². The minimum absolute atomic E-state index is 0. The van der Waals surface area contributed by atoms with E-state index in [2.05, 4.69) is 27.5 Å². The van der Waals surface area contributed by atoms with E-state index in [1.165, 1.54) is 4.88 Å². The van der Waals surface area contributed by atoms with Gasteiger partial charge in [-0.1, -0.05) is 0 Å². The van der Waals surface area contributed by atoms with Crippen LogP contribution in [0.25, 0.3) is 0 Å². The Morgan fingerprint density at radius 3 is 2.63 bits per heavy atom. The summed E-state index contributed by atoms with van der Waals surface area (Å²) in [4.78, 5) is 9.92. The van der Waals surface area contributed by atoms with Gasteiger partial charge in [-0.2, -0.15) is 0 Å². The van der Waals surface area contributed by atoms with E-state index in [1.54, 1.807) is 25.5 Å². The first-order valence-corrected chi connectivity index (χ1v) is 6.77. The molecule has 7 heteroatoms. The second-order valence-corrected chi connectivity index (χ2v) is 5.46. The quantitative estimate of drug-likeness (QED) is 0.453. The number of nitrogens with zero attached hydrogens (tertiary/aromatic N) is 2. The zero-order chi connectivity index (χ0) is 13.5. The predicted molar refractivity (Wildman–Crippen MR) is 91.7 cm³/mol. The van der Waals surface area contributed by atoms with Crippen LogP contribution in [0.2, 0.25) is 0 Å². The van der Waals surface area contributed by atoms with Crippen LogP contribution in [0.4, 0.5) is 0 Å². The molecule has 0 aliphatic carbocycles. The molecule has 5 nitrogen and oxygen atoms in total. The Labute approximate surface area is 136 Å². The van der Waals surface area contributed by atoms with Gasteiger partial charge in [0.25, 0.3) is 0 Å². The molecule has 1 atom stereocenters. The fourth-order valence-electron chi connectivity index (χ4n) is 1.49. The van der Waals surface area contributed by atoms with Crippen molar-refractivity contribution < 1.29 is 4.74 Å². The molecule has 110 valence electrons. The Bertz CT molecular complexity index is 389. The van der Waals surface area contributed by atoms with Crippen molar-refractivity contribution in [3.05, 3.63) is 15.6 Å². The molecule has 1 rings (SSSR count). The number of guanidine groups is 1. The van der Waals surface area contributed by atoms with Crippen molar-refractivity contribution in [2.24, 2.45) is 4.99 Å². The molecule has 1 heterocycles. The molecule has 1 unspecified atom stereocenters. The van der Waals surface area contributed by atoms with Crippen molar-refractivity contribution in [2.75, 3.05) is 20.8 Å². The fraction of sp³-hybridized carbons (Fsp3) is 0.667. The Hall–Kier alpha value is -0.410. The SMILES string of the molecule is CN=C(NCc1nc(C)c(C)s1)NC(C)COC.I. The normalized spacial score (nSPS) is 12.8. The van der Waals surface area contributed by atoms with E-state index in [9.17, 15) is 0 Å². The lowest BCUT2D eigenvalue weighted by Crippen LogP contribution is -2.43. The molecular weight excluding hydrogens is 375 g/mol. The van der Waals surface area contributed by atoms with E-state index < -0.39 is 0 Å². The first-order valence-electron chi connectivity index (χ1n) is 5.95. The summed E-state index contributed by atoms with van der Waals surface area (Å²) >= 11 is 1.71. The van der Waals surface area contributed by atoms with Gasteiger partial charge < -0.3 is 15.4 Å². The first-order chi connectivity index (χ1) is 8.56. The molecule has 0 aromatic carbocycles. The number of aliphatic imine (C=N–C) groups is 1. The number of thiazole rings is 1. The molecule has 0 radical (unpaired) electrons. The van der Waals surface area contributed by atoms with Gasteiger partial charge in [0.1, 0.15) is 5.01 Å². The minimum Gasteiger partial charge on any atom is -0.383 e. The minimum atomic E-state index is 0. The molecule has 0 amide bonds. The molecule has 0 fully saturated rings. The second-order valence-electron chi connectivity index (χ2n) is 4.18. The molecule has 0 saturated heterocycles. The summed E-state index contributed by atoms with van der Waals surface area (Å²) in [5.41, 5.74) is 1.10. The molecule has 0 saturated carbocycles. The highest BCUT2D eigenvalue weighted by molar-refractivity contribution is 14.0. The van der Waals surface area contributed by atoms with Crippen molar-refractivity contribution in [2.45, 2.75) is 33.4 Å². The Kier molecular flexibility index (Phi) is 9.28. The lowest BCUT2D eigenvalue weighted by atomic mass is 10.4. The standard InChI is InChI=1S/C12H22N4OS.HI/c1-8(7-17-5)15-12(13-4)14-6-11-16-9(2)10(3)18-11;/h8H,6-7H2,1-5H3,(H2,13,14,15);1H. The zero-order valence-corrected chi connectivity index (χ0v) is 15.3. The van der Waals surface area contributed by atoms with Crippen LogP contribution in [0.3, 0.4) is 0 Å². The maximum absolute atomic E-state index is 5.08. The Morgan fingerprint density at radius 1 is 1.47 bits per heavy atom. The van der Waals surface area contributed by atoms with Crippen LogP contribution in [0.1, 0.15) is 22.5 Å². The van der Waals surface area contributed by atoms with E-state index in [0.717, 1.165) is 16.7 Å². The number of rotatable bonds is 5. The average molecular weight is 398 g/mol. The summed E-state index contributed by atoms with van der Waals surface area (Å²) in [6.45, 7) is 7.51. The van der Waals surface area contributed by atoms with Crippen molar-refractivity contribution in [1.82, 2.24) is 15.6 Å². The summed E-state index contributed by atoms with van der Waals surface area (Å²) < 4.78 is 5.08. The van der Waals surface area contributed by atoms with Gasteiger partial charge in [0.05, 0.1) is 18.8 Å². The lowest BCUT2D eigenvalue weighted by molar-refractivity contribution is 0.179. The first kappa shape index (κ1) is 18.6. The van der Waals surface area contributed by atoms with E-state index in [1.807, 2.05) is 13.8 Å². The fourth-order valence-corrected chi connectivity index (χ4v) is 2.37. The van der Waals surface area contributed by atoms with E-state index in [-0.39, 0.29) is 30.0 Å². The summed E-state index contributed by atoms with van der Waals surface area (Å²) in [5, 5.41) is 7.57. The molecule has 2 N–H and O–H groups in total. The van der Waals surface area contributed by atoms with Crippen LogP contribution in [-0.2, 0) is 11.3 Å². The van der Waals surface area contributed by atoms with Crippen molar-refractivity contribution in [1.29, 1.82) is 0 Å². The van der Waals surface area contributed by atoms with Crippen LogP contribution in [0.5, 0.6) is 0 Å². The number of ether oxygens (including phenoxy) is 1. The van der Waals surface area contributed by atoms with E-state index in [4.69, 9.17) is 4.74 Å². The molecule has 19 heavy (non-hydrogen) atoms. The smallest absolute Gasteiger partial charge is 0.191 e. The molecule has 0 aliphatic heterocycles. The number of halogens is 1. The number of nitrogens with one attached hydrogen (secondary N) is 2. The molecule has 0 aliphatic rings. The molecule has 1 aromatic rings. The molecular formula is C12H23IN4OS. The van der Waals surface area contributed by atoms with Crippen LogP contribution in [0, 0.1) is 13.8 Å². The van der Waals surface area contributed by atoms with Gasteiger partial charge in [-0.3, -0.25) is 4.99 Å². The molecule has 0 bridgehead atoms. The van der Waals surface area contributed by atoms with Crippen LogP contribution in [0.15, 0.2) is 4.99 Å². The van der Waals surface area contributed by atoms with E-state index >= 15 is 0 Å². The predicted octanol–water partition coefficient (Wildman–Crippen LogP) is 2.08. The van der Waals surface area contributed by atoms with Crippen LogP contribution in [-0.4, -0.2) is 37.7 Å².